The Morgan fingerprint density at radius 2 is 0.908 bits per heavy atom. The molecule has 0 atom stereocenters. The summed E-state index contributed by atoms with van der Waals surface area (Å²) < 4.78 is 10.8. The number of hydrogen-bond acceptors (Lipinski definition) is 14. The van der Waals surface area contributed by atoms with Gasteiger partial charge in [-0.1, -0.05) is 72.8 Å². The minimum absolute atomic E-state index is 0.0837. The number of nitrogens with zero attached hydrogens (tertiary/aromatic N) is 5. The van der Waals surface area contributed by atoms with E-state index >= 15 is 0 Å². The lowest BCUT2D eigenvalue weighted by atomic mass is 10.0. The second-order valence-electron chi connectivity index (χ2n) is 13.6. The summed E-state index contributed by atoms with van der Waals surface area (Å²) in [6.45, 7) is 0. The molecule has 0 aliphatic carbocycles. The van der Waals surface area contributed by atoms with Crippen LogP contribution in [0.4, 0.5) is 17.1 Å². The fourth-order valence-electron chi connectivity index (χ4n) is 6.35. The number of carbonyl (C=O) groups excluding carboxylic acids is 4. The number of nitro benzene ring substituents is 3. The normalized spacial score (nSPS) is 11.0. The summed E-state index contributed by atoms with van der Waals surface area (Å²) in [5.41, 5.74) is 2.94. The monoisotopic (exact) mass is 871 g/mol. The molecule has 7 aromatic rings. The van der Waals surface area contributed by atoms with E-state index in [-0.39, 0.29) is 45.0 Å². The van der Waals surface area contributed by atoms with Crippen LogP contribution in [0.15, 0.2) is 161 Å². The van der Waals surface area contributed by atoms with Gasteiger partial charge in [-0.05, 0) is 81.7 Å². The molecule has 320 valence electrons. The van der Waals surface area contributed by atoms with Gasteiger partial charge in [0.05, 0.1) is 38.3 Å². The third kappa shape index (κ3) is 10.2. The van der Waals surface area contributed by atoms with E-state index in [0.29, 0.717) is 10.8 Å². The molecule has 19 nitrogen and oxygen atoms in total. The summed E-state index contributed by atoms with van der Waals surface area (Å²) in [6.07, 6.45) is 3.13. The van der Waals surface area contributed by atoms with Gasteiger partial charge in [-0.2, -0.15) is 10.2 Å². The molecule has 0 heterocycles. The van der Waals surface area contributed by atoms with E-state index in [1.807, 2.05) is 0 Å². The van der Waals surface area contributed by atoms with E-state index in [0.717, 1.165) is 53.5 Å². The number of fused-ring (bicyclic) bond motifs is 2. The molecule has 0 radical (unpaired) electrons. The zero-order valence-corrected chi connectivity index (χ0v) is 33.2. The van der Waals surface area contributed by atoms with E-state index in [1.165, 1.54) is 48.5 Å². The Bertz CT molecular complexity index is 2990. The Labute approximate surface area is 365 Å². The Morgan fingerprint density at radius 3 is 1.34 bits per heavy atom. The average molecular weight is 872 g/mol. The molecule has 2 amide bonds. The van der Waals surface area contributed by atoms with E-state index in [9.17, 15) is 49.5 Å². The van der Waals surface area contributed by atoms with Crippen molar-refractivity contribution in [2.24, 2.45) is 10.2 Å². The molecular weight excluding hydrogens is 843 g/mol. The molecule has 7 rings (SSSR count). The Morgan fingerprint density at radius 1 is 0.492 bits per heavy atom. The van der Waals surface area contributed by atoms with Gasteiger partial charge in [-0.25, -0.2) is 20.4 Å². The molecule has 0 saturated carbocycles. The Balaban J connectivity index is 1.06. The predicted octanol–water partition coefficient (Wildman–Crippen LogP) is 7.84. The molecule has 65 heavy (non-hydrogen) atoms. The van der Waals surface area contributed by atoms with Gasteiger partial charge in [0.15, 0.2) is 0 Å². The number of esters is 2. The number of hydrazone groups is 2. The van der Waals surface area contributed by atoms with Crippen LogP contribution in [0.5, 0.6) is 11.5 Å². The van der Waals surface area contributed by atoms with Crippen molar-refractivity contribution in [2.75, 3.05) is 0 Å². The van der Waals surface area contributed by atoms with Gasteiger partial charge < -0.3 is 9.47 Å². The highest BCUT2D eigenvalue weighted by molar-refractivity contribution is 6.21. The third-order valence-electron chi connectivity index (χ3n) is 9.45. The minimum atomic E-state index is -1.12. The van der Waals surface area contributed by atoms with Crippen molar-refractivity contribution in [3.63, 3.8) is 0 Å². The summed E-state index contributed by atoms with van der Waals surface area (Å²) in [5, 5.41) is 45.5. The predicted molar refractivity (Wildman–Crippen MR) is 237 cm³/mol. The van der Waals surface area contributed by atoms with Gasteiger partial charge in [0.2, 0.25) is 11.5 Å². The summed E-state index contributed by atoms with van der Waals surface area (Å²) in [6, 6.07) is 36.0. The standard InChI is InChI=1S/C46H29N7O12/c54-43(49-47-26-29-17-21-41(39(24-29)52(60)61)64-45(56)36-13-5-9-31-7-1-3-11-34(31)36)38(23-28-15-19-33(20-16-28)51(58)59)44(55)50-48-27-30-18-22-42(40(25-30)53(62)63)65-46(57)37-14-6-10-32-8-2-4-12-35(32)37/h1-27H,(H,49,54)(H,50,55)/b47-26+,48-27+. The molecule has 0 aliphatic heterocycles. The van der Waals surface area contributed by atoms with E-state index < -0.39 is 55.5 Å². The van der Waals surface area contributed by atoms with Crippen LogP contribution < -0.4 is 20.3 Å². The van der Waals surface area contributed by atoms with Crippen LogP contribution >= 0.6 is 0 Å². The maximum atomic E-state index is 13.4. The number of nitrogens with one attached hydrogen (secondary N) is 2. The highest BCUT2D eigenvalue weighted by Crippen LogP contribution is 2.31. The zero-order chi connectivity index (χ0) is 46.0. The molecule has 0 unspecified atom stereocenters. The number of ether oxygens (including phenoxy) is 2. The van der Waals surface area contributed by atoms with Crippen LogP contribution in [0.3, 0.4) is 0 Å². The summed E-state index contributed by atoms with van der Waals surface area (Å²) in [7, 11) is 0. The highest BCUT2D eigenvalue weighted by atomic mass is 16.6. The first-order valence-corrected chi connectivity index (χ1v) is 19.0. The number of benzene rings is 7. The van der Waals surface area contributed by atoms with Crippen molar-refractivity contribution in [3.8, 4) is 11.5 Å². The van der Waals surface area contributed by atoms with Crippen LogP contribution in [-0.2, 0) is 9.59 Å². The fraction of sp³-hybridized carbons (Fsp3) is 0. The number of non-ortho nitro benzene ring substituents is 1. The maximum Gasteiger partial charge on any atom is 0.344 e. The van der Waals surface area contributed by atoms with Gasteiger partial charge in [-0.3, -0.25) is 39.9 Å². The van der Waals surface area contributed by atoms with Gasteiger partial charge in [0, 0.05) is 35.4 Å². The smallest absolute Gasteiger partial charge is 0.344 e. The average Bonchev–Trinajstić information content (AvgIpc) is 3.31. The third-order valence-corrected chi connectivity index (χ3v) is 9.45. The Hall–Kier alpha value is -9.78. The van der Waals surface area contributed by atoms with E-state index in [4.69, 9.17) is 9.47 Å². The molecular formula is C46H29N7O12. The number of nitro groups is 3. The topological polar surface area (TPSA) is 265 Å². The SMILES string of the molecule is O=C(N/N=C/c1ccc(OC(=O)c2cccc3ccccc23)c([N+](=O)[O-])c1)C(=Cc1ccc([N+](=O)[O-])cc1)C(=O)N/N=C/c1ccc(OC(=O)c2cccc3ccccc23)c([N+](=O)[O-])c1. The lowest BCUT2D eigenvalue weighted by Crippen LogP contribution is -2.30. The van der Waals surface area contributed by atoms with Gasteiger partial charge in [-0.15, -0.1) is 0 Å². The van der Waals surface area contributed by atoms with Crippen molar-refractivity contribution in [1.29, 1.82) is 0 Å². The highest BCUT2D eigenvalue weighted by Gasteiger charge is 2.23. The van der Waals surface area contributed by atoms with Crippen LogP contribution in [0.25, 0.3) is 27.6 Å². The zero-order valence-electron chi connectivity index (χ0n) is 33.2. The molecule has 0 saturated heterocycles. The molecule has 0 bridgehead atoms. The van der Waals surface area contributed by atoms with Crippen molar-refractivity contribution in [1.82, 2.24) is 10.9 Å². The van der Waals surface area contributed by atoms with Crippen molar-refractivity contribution < 1.29 is 43.4 Å². The van der Waals surface area contributed by atoms with Gasteiger partial charge in [0.25, 0.3) is 17.5 Å². The fourth-order valence-corrected chi connectivity index (χ4v) is 6.35. The van der Waals surface area contributed by atoms with Crippen LogP contribution in [-0.4, -0.2) is 51.0 Å². The van der Waals surface area contributed by atoms with Gasteiger partial charge >= 0.3 is 23.3 Å². The molecule has 7 aromatic carbocycles. The largest absolute Gasteiger partial charge is 0.416 e. The summed E-state index contributed by atoms with van der Waals surface area (Å²) in [4.78, 5) is 85.9. The van der Waals surface area contributed by atoms with Crippen LogP contribution in [0.1, 0.15) is 37.4 Å². The van der Waals surface area contributed by atoms with Crippen molar-refractivity contribution in [3.05, 3.63) is 209 Å². The number of carbonyl (C=O) groups is 4. The minimum Gasteiger partial charge on any atom is -0.416 e. The number of rotatable bonds is 14. The summed E-state index contributed by atoms with van der Waals surface area (Å²) >= 11 is 0. The maximum absolute atomic E-state index is 13.4. The lowest BCUT2D eigenvalue weighted by molar-refractivity contribution is -0.385. The molecule has 0 spiro atoms. The first-order valence-electron chi connectivity index (χ1n) is 19.0. The number of amides is 2. The van der Waals surface area contributed by atoms with Gasteiger partial charge in [0.1, 0.15) is 5.57 Å². The molecule has 0 fully saturated rings. The molecule has 2 N–H and O–H groups in total. The second kappa shape index (κ2) is 19.3. The van der Waals surface area contributed by atoms with Crippen LogP contribution in [0, 0.1) is 30.3 Å². The first-order chi connectivity index (χ1) is 31.4. The van der Waals surface area contributed by atoms with E-state index in [1.54, 1.807) is 72.8 Å². The van der Waals surface area contributed by atoms with E-state index in [2.05, 4.69) is 21.1 Å². The Kier molecular flexibility index (Phi) is 12.9. The molecule has 0 aliphatic rings. The number of hydrogen-bond donors (Lipinski definition) is 2. The van der Waals surface area contributed by atoms with Crippen LogP contribution in [0.2, 0.25) is 0 Å². The van der Waals surface area contributed by atoms with Crippen molar-refractivity contribution >= 4 is 80.9 Å². The molecule has 0 aromatic heterocycles. The van der Waals surface area contributed by atoms with Crippen molar-refractivity contribution in [2.45, 2.75) is 0 Å². The lowest BCUT2D eigenvalue weighted by Gasteiger charge is -2.08. The molecule has 19 heteroatoms. The second-order valence-corrected chi connectivity index (χ2v) is 13.6. The quantitative estimate of drug-likeness (QED) is 0.0155. The summed E-state index contributed by atoms with van der Waals surface area (Å²) in [5.74, 6) is -4.60. The first kappa shape index (κ1) is 43.3.